The van der Waals surface area contributed by atoms with Crippen LogP contribution in [0.25, 0.3) is 22.2 Å². The molecule has 1 aliphatic heterocycles. The molecule has 0 saturated carbocycles. The van der Waals surface area contributed by atoms with Gasteiger partial charge in [-0.05, 0) is 55.8 Å². The number of nitrogens with two attached hydrogens (primary N) is 1. The number of piperidine rings is 1. The second-order valence-corrected chi connectivity index (χ2v) is 7.69. The molecule has 5 nitrogen and oxygen atoms in total. The van der Waals surface area contributed by atoms with Crippen LogP contribution in [-0.2, 0) is 13.6 Å². The molecule has 0 spiro atoms. The maximum atomic E-state index is 9.78. The van der Waals surface area contributed by atoms with E-state index >= 15 is 0 Å². The molecule has 3 aromatic rings. The highest BCUT2D eigenvalue weighted by Gasteiger charge is 2.19. The van der Waals surface area contributed by atoms with Gasteiger partial charge in [0.1, 0.15) is 6.07 Å². The molecule has 1 aromatic carbocycles. The predicted octanol–water partition coefficient (Wildman–Crippen LogP) is 3.69. The highest BCUT2D eigenvalue weighted by atomic mass is 35.5. The topological polar surface area (TPSA) is 70.9 Å². The van der Waals surface area contributed by atoms with Crippen molar-refractivity contribution < 1.29 is 0 Å². The van der Waals surface area contributed by atoms with Crippen LogP contribution in [0.5, 0.6) is 0 Å². The Morgan fingerprint density at radius 1 is 1.26 bits per heavy atom. The summed E-state index contributed by atoms with van der Waals surface area (Å²) < 4.78 is 2.03. The Morgan fingerprint density at radius 2 is 2.04 bits per heavy atom. The molecule has 4 rings (SSSR count). The standard InChI is InChI=1S/C21H22ClN5/c1-26-20-9-16(22)2-3-18(20)19(10-23)21(26)15-8-14(11-25-12-15)13-27-6-4-17(24)5-7-27/h2-3,8-9,11-12,17H,4-7,13,24H2,1H3. The van der Waals surface area contributed by atoms with Gasteiger partial charge in [-0.1, -0.05) is 11.6 Å². The van der Waals surface area contributed by atoms with Crippen molar-refractivity contribution in [3.63, 3.8) is 0 Å². The van der Waals surface area contributed by atoms with Crippen LogP contribution in [0.1, 0.15) is 24.0 Å². The number of benzene rings is 1. The van der Waals surface area contributed by atoms with Gasteiger partial charge in [0, 0.05) is 48.0 Å². The van der Waals surface area contributed by atoms with E-state index in [4.69, 9.17) is 17.3 Å². The fourth-order valence-corrected chi connectivity index (χ4v) is 4.10. The lowest BCUT2D eigenvalue weighted by Gasteiger charge is -2.30. The molecule has 0 atom stereocenters. The molecule has 0 amide bonds. The molecule has 0 unspecified atom stereocenters. The van der Waals surface area contributed by atoms with Crippen molar-refractivity contribution in [2.24, 2.45) is 12.8 Å². The van der Waals surface area contributed by atoms with Gasteiger partial charge >= 0.3 is 0 Å². The molecule has 0 radical (unpaired) electrons. The first-order valence-corrected chi connectivity index (χ1v) is 9.55. The lowest BCUT2D eigenvalue weighted by atomic mass is 10.0. The second-order valence-electron chi connectivity index (χ2n) is 7.25. The number of halogens is 1. The molecule has 138 valence electrons. The summed E-state index contributed by atoms with van der Waals surface area (Å²) in [7, 11) is 1.97. The first-order chi connectivity index (χ1) is 13.1. The molecule has 0 aliphatic carbocycles. The summed E-state index contributed by atoms with van der Waals surface area (Å²) in [6, 6.07) is 10.5. The van der Waals surface area contributed by atoms with Gasteiger partial charge in [0.25, 0.3) is 0 Å². The van der Waals surface area contributed by atoms with Crippen molar-refractivity contribution in [3.8, 4) is 17.3 Å². The van der Waals surface area contributed by atoms with Crippen LogP contribution in [-0.4, -0.2) is 33.6 Å². The van der Waals surface area contributed by atoms with Gasteiger partial charge in [0.05, 0.1) is 16.8 Å². The Kier molecular flexibility index (Phi) is 4.88. The third kappa shape index (κ3) is 3.44. The quantitative estimate of drug-likeness (QED) is 0.753. The van der Waals surface area contributed by atoms with Crippen LogP contribution in [0.4, 0.5) is 0 Å². The van der Waals surface area contributed by atoms with Crippen LogP contribution < -0.4 is 5.73 Å². The number of fused-ring (bicyclic) bond motifs is 1. The largest absolute Gasteiger partial charge is 0.342 e. The SMILES string of the molecule is Cn1c(-c2cncc(CN3CCC(N)CC3)c2)c(C#N)c2ccc(Cl)cc21. The van der Waals surface area contributed by atoms with E-state index in [2.05, 4.69) is 22.0 Å². The van der Waals surface area contributed by atoms with E-state index in [1.165, 1.54) is 0 Å². The van der Waals surface area contributed by atoms with E-state index in [-0.39, 0.29) is 0 Å². The van der Waals surface area contributed by atoms with Crippen molar-refractivity contribution in [1.82, 2.24) is 14.5 Å². The molecule has 0 bridgehead atoms. The van der Waals surface area contributed by atoms with Gasteiger partial charge in [0.2, 0.25) is 0 Å². The smallest absolute Gasteiger partial charge is 0.102 e. The number of likely N-dealkylation sites (tertiary alicyclic amines) is 1. The second kappa shape index (κ2) is 7.32. The van der Waals surface area contributed by atoms with Gasteiger partial charge < -0.3 is 10.3 Å². The predicted molar refractivity (Wildman–Crippen MR) is 108 cm³/mol. The number of aromatic nitrogens is 2. The minimum atomic E-state index is 0.325. The summed E-state index contributed by atoms with van der Waals surface area (Å²) in [4.78, 5) is 6.86. The summed E-state index contributed by atoms with van der Waals surface area (Å²) in [6.07, 6.45) is 5.81. The van der Waals surface area contributed by atoms with Crippen LogP contribution in [0.15, 0.2) is 36.7 Å². The van der Waals surface area contributed by atoms with Gasteiger partial charge in [-0.15, -0.1) is 0 Å². The normalized spacial score (nSPS) is 15.9. The summed E-state index contributed by atoms with van der Waals surface area (Å²) in [5.74, 6) is 0. The number of pyridine rings is 1. The highest BCUT2D eigenvalue weighted by molar-refractivity contribution is 6.31. The van der Waals surface area contributed by atoms with Gasteiger partial charge in [0.15, 0.2) is 0 Å². The molecular weight excluding hydrogens is 358 g/mol. The Morgan fingerprint density at radius 3 is 2.78 bits per heavy atom. The summed E-state index contributed by atoms with van der Waals surface area (Å²) in [5.41, 5.74) is 10.6. The van der Waals surface area contributed by atoms with Gasteiger partial charge in [-0.25, -0.2) is 0 Å². The van der Waals surface area contributed by atoms with Crippen LogP contribution in [0.2, 0.25) is 5.02 Å². The molecule has 3 heterocycles. The first-order valence-electron chi connectivity index (χ1n) is 9.17. The zero-order valence-corrected chi connectivity index (χ0v) is 16.1. The molecule has 1 aliphatic rings. The Balaban J connectivity index is 1.72. The number of hydrogen-bond acceptors (Lipinski definition) is 4. The first kappa shape index (κ1) is 18.0. The van der Waals surface area contributed by atoms with Crippen molar-refractivity contribution in [2.45, 2.75) is 25.4 Å². The summed E-state index contributed by atoms with van der Waals surface area (Å²) in [5, 5.41) is 11.4. The Hall–Kier alpha value is -2.39. The third-order valence-electron chi connectivity index (χ3n) is 5.38. The molecule has 1 saturated heterocycles. The molecular formula is C21H22ClN5. The molecule has 2 aromatic heterocycles. The summed E-state index contributed by atoms with van der Waals surface area (Å²) in [6.45, 7) is 2.88. The van der Waals surface area contributed by atoms with Gasteiger partial charge in [-0.3, -0.25) is 9.88 Å². The van der Waals surface area contributed by atoms with Crippen molar-refractivity contribution in [2.75, 3.05) is 13.1 Å². The van der Waals surface area contributed by atoms with E-state index in [1.54, 1.807) is 0 Å². The zero-order valence-electron chi connectivity index (χ0n) is 15.3. The van der Waals surface area contributed by atoms with E-state index in [0.29, 0.717) is 16.6 Å². The van der Waals surface area contributed by atoms with Crippen molar-refractivity contribution in [3.05, 3.63) is 52.8 Å². The average molecular weight is 380 g/mol. The Labute approximate surface area is 164 Å². The molecule has 27 heavy (non-hydrogen) atoms. The van der Waals surface area contributed by atoms with E-state index in [1.807, 2.05) is 42.2 Å². The fourth-order valence-electron chi connectivity index (χ4n) is 3.93. The third-order valence-corrected chi connectivity index (χ3v) is 5.62. The van der Waals surface area contributed by atoms with Crippen molar-refractivity contribution in [1.29, 1.82) is 5.26 Å². The lowest BCUT2D eigenvalue weighted by molar-refractivity contribution is 0.205. The van der Waals surface area contributed by atoms with E-state index < -0.39 is 0 Å². The average Bonchev–Trinajstić information content (AvgIpc) is 2.95. The Bertz CT molecular complexity index is 1020. The van der Waals surface area contributed by atoms with E-state index in [0.717, 1.165) is 60.2 Å². The number of aryl methyl sites for hydroxylation is 1. The van der Waals surface area contributed by atoms with Crippen LogP contribution in [0, 0.1) is 11.3 Å². The minimum absolute atomic E-state index is 0.325. The fraction of sp³-hybridized carbons (Fsp3) is 0.333. The zero-order chi connectivity index (χ0) is 19.0. The monoisotopic (exact) mass is 379 g/mol. The van der Waals surface area contributed by atoms with Gasteiger partial charge in [-0.2, -0.15) is 5.26 Å². The van der Waals surface area contributed by atoms with Crippen molar-refractivity contribution >= 4 is 22.5 Å². The number of nitriles is 1. The number of nitrogens with zero attached hydrogens (tertiary/aromatic N) is 4. The lowest BCUT2D eigenvalue weighted by Crippen LogP contribution is -2.39. The number of hydrogen-bond donors (Lipinski definition) is 1. The van der Waals surface area contributed by atoms with E-state index in [9.17, 15) is 5.26 Å². The maximum absolute atomic E-state index is 9.78. The molecule has 6 heteroatoms. The minimum Gasteiger partial charge on any atom is -0.342 e. The van der Waals surface area contributed by atoms with Crippen LogP contribution >= 0.6 is 11.6 Å². The molecule has 2 N–H and O–H groups in total. The highest BCUT2D eigenvalue weighted by Crippen LogP contribution is 2.34. The maximum Gasteiger partial charge on any atom is 0.102 e. The molecule has 1 fully saturated rings. The number of rotatable bonds is 3. The summed E-state index contributed by atoms with van der Waals surface area (Å²) >= 11 is 6.16. The van der Waals surface area contributed by atoms with Crippen LogP contribution in [0.3, 0.4) is 0 Å².